The van der Waals surface area contributed by atoms with E-state index in [9.17, 15) is 0 Å². The number of aryl methyl sites for hydroxylation is 4. The Hall–Kier alpha value is -2.54. The zero-order valence-electron chi connectivity index (χ0n) is 26.2. The summed E-state index contributed by atoms with van der Waals surface area (Å²) in [6.45, 7) is 17.2. The Morgan fingerprint density at radius 1 is 0.821 bits per heavy atom. The summed E-state index contributed by atoms with van der Waals surface area (Å²) < 4.78 is 0. The molecule has 0 atom stereocenters. The van der Waals surface area contributed by atoms with Gasteiger partial charge < -0.3 is 4.90 Å². The fourth-order valence-corrected chi connectivity index (χ4v) is 5.20. The largest absolute Gasteiger partial charge is 0.342 e. The molecule has 2 aromatic carbocycles. The molecule has 0 N–H and O–H groups in total. The molecule has 214 valence electrons. The van der Waals surface area contributed by atoms with Crippen molar-refractivity contribution in [3.63, 3.8) is 0 Å². The number of benzene rings is 2. The third-order valence-electron chi connectivity index (χ3n) is 8.19. The van der Waals surface area contributed by atoms with Gasteiger partial charge >= 0.3 is 0 Å². The molecule has 1 heteroatoms. The van der Waals surface area contributed by atoms with E-state index in [-0.39, 0.29) is 5.54 Å². The zero-order valence-corrected chi connectivity index (χ0v) is 26.2. The number of nitrogens with zero attached hydrogens (tertiary/aromatic N) is 1. The van der Waals surface area contributed by atoms with Gasteiger partial charge in [-0.05, 0) is 111 Å². The lowest BCUT2D eigenvalue weighted by molar-refractivity contribution is 0.484. The normalized spacial score (nSPS) is 12.9. The molecule has 0 fully saturated rings. The molecule has 0 heterocycles. The lowest BCUT2D eigenvalue weighted by atomic mass is 9.86. The van der Waals surface area contributed by atoms with Gasteiger partial charge in [0.1, 0.15) is 0 Å². The minimum atomic E-state index is 0.0617. The first kappa shape index (κ1) is 32.7. The Labute approximate surface area is 242 Å². The summed E-state index contributed by atoms with van der Waals surface area (Å²) in [7, 11) is 0. The van der Waals surface area contributed by atoms with E-state index in [2.05, 4.69) is 100.0 Å². The molecule has 2 aromatic rings. The van der Waals surface area contributed by atoms with Crippen molar-refractivity contribution in [2.45, 2.75) is 131 Å². The lowest BCUT2D eigenvalue weighted by Gasteiger charge is -2.37. The van der Waals surface area contributed by atoms with Crippen LogP contribution in [-0.2, 0) is 25.7 Å². The maximum absolute atomic E-state index is 4.08. The second kappa shape index (κ2) is 17.9. The molecule has 0 saturated heterocycles. The molecular weight excluding hydrogens is 470 g/mol. The summed E-state index contributed by atoms with van der Waals surface area (Å²) >= 11 is 0. The zero-order chi connectivity index (χ0) is 28.5. The van der Waals surface area contributed by atoms with Crippen molar-refractivity contribution in [1.82, 2.24) is 0 Å². The molecule has 0 bridgehead atoms. The highest BCUT2D eigenvalue weighted by atomic mass is 15.2. The van der Waals surface area contributed by atoms with Gasteiger partial charge in [0.25, 0.3) is 0 Å². The number of fused-ring (bicyclic) bond motifs is 1. The second-order valence-electron chi connectivity index (χ2n) is 11.5. The highest BCUT2D eigenvalue weighted by Crippen LogP contribution is 2.28. The molecular formula is C38H57N. The van der Waals surface area contributed by atoms with Crippen molar-refractivity contribution in [3.05, 3.63) is 101 Å². The molecule has 0 aliphatic heterocycles. The Balaban J connectivity index is 0.00000260. The molecule has 0 amide bonds. The fourth-order valence-electron chi connectivity index (χ4n) is 5.20. The van der Waals surface area contributed by atoms with Gasteiger partial charge in [-0.25, -0.2) is 0 Å². The van der Waals surface area contributed by atoms with Crippen LogP contribution in [0.3, 0.4) is 0 Å². The van der Waals surface area contributed by atoms with E-state index in [4.69, 9.17) is 0 Å². The summed E-state index contributed by atoms with van der Waals surface area (Å²) in [6, 6.07) is 16.2. The van der Waals surface area contributed by atoms with Gasteiger partial charge in [0.05, 0.1) is 0 Å². The third kappa shape index (κ3) is 10.9. The second-order valence-corrected chi connectivity index (χ2v) is 11.5. The number of rotatable bonds is 17. The summed E-state index contributed by atoms with van der Waals surface area (Å²) in [6.07, 6.45) is 25.1. The van der Waals surface area contributed by atoms with Gasteiger partial charge in [-0.1, -0.05) is 109 Å². The van der Waals surface area contributed by atoms with Gasteiger partial charge in [0.2, 0.25) is 0 Å². The summed E-state index contributed by atoms with van der Waals surface area (Å²) in [5, 5.41) is 0. The molecule has 0 spiro atoms. The van der Waals surface area contributed by atoms with Crippen LogP contribution < -0.4 is 4.90 Å². The minimum absolute atomic E-state index is 0.0617. The maximum Gasteiger partial charge on any atom is 0.0411 e. The molecule has 0 radical (unpaired) electrons. The average molecular weight is 528 g/mol. The quantitative estimate of drug-likeness (QED) is 0.146. The van der Waals surface area contributed by atoms with Gasteiger partial charge in [0.15, 0.2) is 0 Å². The number of unbranched alkanes of at least 4 members (excludes halogenated alkanes) is 5. The van der Waals surface area contributed by atoms with Crippen LogP contribution in [0.25, 0.3) is 0 Å². The van der Waals surface area contributed by atoms with E-state index in [1.54, 1.807) is 16.7 Å². The topological polar surface area (TPSA) is 3.24 Å². The highest BCUT2D eigenvalue weighted by Gasteiger charge is 2.23. The van der Waals surface area contributed by atoms with Crippen molar-refractivity contribution >= 4 is 5.69 Å². The van der Waals surface area contributed by atoms with Gasteiger partial charge in [-0.3, -0.25) is 0 Å². The minimum Gasteiger partial charge on any atom is -0.342 e. The van der Waals surface area contributed by atoms with Crippen molar-refractivity contribution in [2.24, 2.45) is 0 Å². The number of hydrogen-bond acceptors (Lipinski definition) is 1. The first-order chi connectivity index (χ1) is 19.0. The maximum atomic E-state index is 4.08. The van der Waals surface area contributed by atoms with Crippen LogP contribution in [0.2, 0.25) is 0 Å². The standard InChI is InChI=1S/C36H51N.C2H6/c1-6-16-31-21-26-35(27-22-31)37(36(4,5)8-3)28-15-19-30(7-2)17-13-11-9-10-12-14-18-32-20-23-33-24-25-34(33)29-32;1-2/h7,15,19-23,26-29H,2,6,8-14,16-18,24-25H2,1,3-5H3;1-2H3/b28-15-,30-19+;. The summed E-state index contributed by atoms with van der Waals surface area (Å²) in [5.74, 6) is 0. The van der Waals surface area contributed by atoms with Crippen LogP contribution in [-0.4, -0.2) is 5.54 Å². The van der Waals surface area contributed by atoms with E-state index >= 15 is 0 Å². The predicted molar refractivity (Wildman–Crippen MR) is 176 cm³/mol. The number of anilines is 1. The Bertz CT molecular complexity index is 1020. The van der Waals surface area contributed by atoms with E-state index < -0.39 is 0 Å². The molecule has 1 nitrogen and oxygen atoms in total. The Morgan fingerprint density at radius 3 is 2.05 bits per heavy atom. The lowest BCUT2D eigenvalue weighted by Crippen LogP contribution is -2.39. The number of hydrogen-bond donors (Lipinski definition) is 0. The van der Waals surface area contributed by atoms with Crippen molar-refractivity contribution in [1.29, 1.82) is 0 Å². The molecule has 39 heavy (non-hydrogen) atoms. The molecule has 1 aliphatic rings. The van der Waals surface area contributed by atoms with Crippen LogP contribution in [0.5, 0.6) is 0 Å². The van der Waals surface area contributed by atoms with Crippen LogP contribution >= 0.6 is 0 Å². The van der Waals surface area contributed by atoms with E-state index in [0.29, 0.717) is 0 Å². The smallest absolute Gasteiger partial charge is 0.0411 e. The summed E-state index contributed by atoms with van der Waals surface area (Å²) in [4.78, 5) is 2.42. The molecule has 0 aromatic heterocycles. The molecule has 3 rings (SSSR count). The van der Waals surface area contributed by atoms with Crippen LogP contribution in [0.1, 0.15) is 122 Å². The summed E-state index contributed by atoms with van der Waals surface area (Å²) in [5.41, 5.74) is 8.80. The highest BCUT2D eigenvalue weighted by molar-refractivity contribution is 5.53. The van der Waals surface area contributed by atoms with Crippen LogP contribution in [0.4, 0.5) is 5.69 Å². The van der Waals surface area contributed by atoms with Crippen LogP contribution in [0, 0.1) is 0 Å². The third-order valence-corrected chi connectivity index (χ3v) is 8.19. The van der Waals surface area contributed by atoms with Gasteiger partial charge in [-0.15, -0.1) is 0 Å². The first-order valence-electron chi connectivity index (χ1n) is 16.0. The fraction of sp³-hybridized carbons (Fsp3) is 0.526. The number of allylic oxidation sites excluding steroid dienone is 4. The monoisotopic (exact) mass is 527 g/mol. The van der Waals surface area contributed by atoms with E-state index in [0.717, 1.165) is 19.3 Å². The van der Waals surface area contributed by atoms with Gasteiger partial charge in [0, 0.05) is 17.4 Å². The Morgan fingerprint density at radius 2 is 1.46 bits per heavy atom. The van der Waals surface area contributed by atoms with Crippen molar-refractivity contribution < 1.29 is 0 Å². The van der Waals surface area contributed by atoms with E-state index in [1.807, 2.05) is 19.9 Å². The average Bonchev–Trinajstić information content (AvgIpc) is 2.94. The molecule has 0 unspecified atom stereocenters. The van der Waals surface area contributed by atoms with Crippen molar-refractivity contribution in [2.75, 3.05) is 4.90 Å². The van der Waals surface area contributed by atoms with Gasteiger partial charge in [-0.2, -0.15) is 0 Å². The van der Waals surface area contributed by atoms with E-state index in [1.165, 1.54) is 81.0 Å². The Kier molecular flexibility index (Phi) is 15.0. The molecule has 0 saturated carbocycles. The SMILES string of the molecule is C=C/C(=C\C=C/N(c1ccc(CCC)cc1)C(C)(C)CC)CCCCCCCCc1ccc2c(c1)CC2.CC. The predicted octanol–water partition coefficient (Wildman–Crippen LogP) is 11.4. The molecule has 1 aliphatic carbocycles. The van der Waals surface area contributed by atoms with Crippen LogP contribution in [0.15, 0.2) is 79.0 Å². The van der Waals surface area contributed by atoms with Crippen molar-refractivity contribution in [3.8, 4) is 0 Å². The first-order valence-corrected chi connectivity index (χ1v) is 16.0.